The van der Waals surface area contributed by atoms with E-state index in [2.05, 4.69) is 174 Å². The van der Waals surface area contributed by atoms with Crippen LogP contribution in [0.5, 0.6) is 0 Å². The van der Waals surface area contributed by atoms with Gasteiger partial charge >= 0.3 is 0 Å². The van der Waals surface area contributed by atoms with Gasteiger partial charge in [0.25, 0.3) is 0 Å². The van der Waals surface area contributed by atoms with Crippen LogP contribution in [-0.2, 0) is 0 Å². The van der Waals surface area contributed by atoms with Crippen molar-refractivity contribution >= 4 is 87.4 Å². The van der Waals surface area contributed by atoms with Crippen molar-refractivity contribution < 1.29 is 4.42 Å². The molecular weight excluding hydrogens is 685 g/mol. The van der Waals surface area contributed by atoms with E-state index in [-0.39, 0.29) is 0 Å². The first-order valence-corrected chi connectivity index (χ1v) is 18.9. The predicted molar refractivity (Wildman–Crippen MR) is 231 cm³/mol. The Labute approximate surface area is 320 Å². The zero-order valence-corrected chi connectivity index (χ0v) is 30.0. The second-order valence-electron chi connectivity index (χ2n) is 14.4. The molecule has 4 aromatic heterocycles. The molecule has 4 heterocycles. The van der Waals surface area contributed by atoms with Gasteiger partial charge in [-0.25, -0.2) is 15.0 Å². The van der Waals surface area contributed by atoms with E-state index in [9.17, 15) is 0 Å². The van der Waals surface area contributed by atoms with Gasteiger partial charge in [0.2, 0.25) is 0 Å². The number of nitrogens with zero attached hydrogens (tertiary/aromatic N) is 4. The lowest BCUT2D eigenvalue weighted by molar-refractivity contribution is 0.669. The Bertz CT molecular complexity index is 3590. The number of rotatable bonds is 3. The van der Waals surface area contributed by atoms with E-state index < -0.39 is 0 Å². The third kappa shape index (κ3) is 4.64. The number of hydrogen-bond acceptors (Lipinski definition) is 4. The molecule has 56 heavy (non-hydrogen) atoms. The summed E-state index contributed by atoms with van der Waals surface area (Å²) in [5, 5.41) is 10.6. The minimum atomic E-state index is 0.598. The van der Waals surface area contributed by atoms with Crippen LogP contribution < -0.4 is 0 Å². The van der Waals surface area contributed by atoms with Gasteiger partial charge in [0.1, 0.15) is 11.2 Å². The van der Waals surface area contributed by atoms with Crippen LogP contribution in [0.3, 0.4) is 0 Å². The fourth-order valence-electron chi connectivity index (χ4n) is 8.66. The molecule has 0 aliphatic rings. The van der Waals surface area contributed by atoms with Crippen molar-refractivity contribution in [3.05, 3.63) is 182 Å². The first kappa shape index (κ1) is 30.8. The van der Waals surface area contributed by atoms with Crippen LogP contribution >= 0.6 is 0 Å². The Morgan fingerprint density at radius 3 is 1.95 bits per heavy atom. The number of aromatic nitrogens is 4. The lowest BCUT2D eigenvalue weighted by Crippen LogP contribution is -1.96. The van der Waals surface area contributed by atoms with Crippen molar-refractivity contribution in [2.75, 3.05) is 0 Å². The summed E-state index contributed by atoms with van der Waals surface area (Å²) in [5.41, 5.74) is 9.39. The van der Waals surface area contributed by atoms with Crippen LogP contribution in [0.2, 0.25) is 0 Å². The quantitative estimate of drug-likeness (QED) is 0.183. The monoisotopic (exact) mass is 714 g/mol. The van der Waals surface area contributed by atoms with Crippen molar-refractivity contribution in [2.45, 2.75) is 0 Å². The minimum Gasteiger partial charge on any atom is -0.456 e. The van der Waals surface area contributed by atoms with E-state index in [0.29, 0.717) is 17.1 Å². The van der Waals surface area contributed by atoms with Gasteiger partial charge < -0.3 is 8.98 Å². The molecule has 0 saturated heterocycles. The summed E-state index contributed by atoms with van der Waals surface area (Å²) in [6, 6.07) is 64.1. The molecule has 12 rings (SSSR count). The summed E-state index contributed by atoms with van der Waals surface area (Å²) >= 11 is 0. The largest absolute Gasteiger partial charge is 0.456 e. The van der Waals surface area contributed by atoms with Crippen LogP contribution in [-0.4, -0.2) is 19.5 Å². The molecule has 0 unspecified atom stereocenters. The molecule has 0 saturated carbocycles. The van der Waals surface area contributed by atoms with Gasteiger partial charge in [0.05, 0.1) is 11.0 Å². The number of hydrogen-bond donors (Lipinski definition) is 0. The molecule has 0 fully saturated rings. The average Bonchev–Trinajstić information content (AvgIpc) is 3.82. The minimum absolute atomic E-state index is 0.598. The molecule has 0 aliphatic heterocycles. The SMILES string of the molecule is c1ccc(-c2ccc3c4c(-c5nc6nc(n5)c5cccc7oc8ccc(cc8c75)c5ccccc5c5cccc6c5)cccc4n(-c4ccccc4)c3c2)cc1. The van der Waals surface area contributed by atoms with Gasteiger partial charge in [-0.3, -0.25) is 0 Å². The average molecular weight is 715 g/mol. The van der Waals surface area contributed by atoms with Crippen LogP contribution in [0.25, 0.3) is 116 Å². The van der Waals surface area contributed by atoms with E-state index in [1.807, 2.05) is 12.1 Å². The fraction of sp³-hybridized carbons (Fsp3) is 0. The second kappa shape index (κ2) is 11.9. The first-order chi connectivity index (χ1) is 27.7. The Hall–Kier alpha value is -7.63. The van der Waals surface area contributed by atoms with Gasteiger partial charge in [0.15, 0.2) is 17.1 Å². The molecular formula is C51H30N4O. The Kier molecular flexibility index (Phi) is 6.56. The smallest absolute Gasteiger partial charge is 0.164 e. The van der Waals surface area contributed by atoms with Crippen molar-refractivity contribution in [1.29, 1.82) is 0 Å². The van der Waals surface area contributed by atoms with E-state index in [0.717, 1.165) is 92.9 Å². The zero-order chi connectivity index (χ0) is 36.7. The number of benzene rings is 8. The molecule has 0 aliphatic carbocycles. The van der Waals surface area contributed by atoms with Gasteiger partial charge in [-0.15, -0.1) is 0 Å². The Morgan fingerprint density at radius 2 is 1.09 bits per heavy atom. The maximum atomic E-state index is 6.48. The molecule has 5 nitrogen and oxygen atoms in total. The summed E-state index contributed by atoms with van der Waals surface area (Å²) < 4.78 is 8.84. The third-order valence-corrected chi connectivity index (χ3v) is 11.2. The Morgan fingerprint density at radius 1 is 0.375 bits per heavy atom. The highest BCUT2D eigenvalue weighted by Gasteiger charge is 2.20. The van der Waals surface area contributed by atoms with Crippen molar-refractivity contribution in [2.24, 2.45) is 0 Å². The fourth-order valence-corrected chi connectivity index (χ4v) is 8.66. The molecule has 0 spiro atoms. The summed E-state index contributed by atoms with van der Waals surface area (Å²) in [4.78, 5) is 16.0. The van der Waals surface area contributed by atoms with Crippen LogP contribution in [0.4, 0.5) is 0 Å². The Balaban J connectivity index is 1.24. The van der Waals surface area contributed by atoms with E-state index in [1.165, 1.54) is 5.56 Å². The van der Waals surface area contributed by atoms with Crippen molar-refractivity contribution in [3.63, 3.8) is 0 Å². The zero-order valence-electron chi connectivity index (χ0n) is 30.0. The maximum absolute atomic E-state index is 6.48. The molecule has 0 atom stereocenters. The van der Waals surface area contributed by atoms with Gasteiger partial charge in [-0.1, -0.05) is 133 Å². The highest BCUT2D eigenvalue weighted by atomic mass is 16.3. The molecule has 260 valence electrons. The maximum Gasteiger partial charge on any atom is 0.164 e. The van der Waals surface area contributed by atoms with E-state index >= 15 is 0 Å². The lowest BCUT2D eigenvalue weighted by atomic mass is 10.0. The van der Waals surface area contributed by atoms with Crippen molar-refractivity contribution in [1.82, 2.24) is 19.5 Å². The molecule has 0 radical (unpaired) electrons. The first-order valence-electron chi connectivity index (χ1n) is 18.9. The molecule has 0 amide bonds. The van der Waals surface area contributed by atoms with Gasteiger partial charge in [-0.2, -0.15) is 0 Å². The summed E-state index contributed by atoms with van der Waals surface area (Å²) in [6.07, 6.45) is 0. The second-order valence-corrected chi connectivity index (χ2v) is 14.4. The van der Waals surface area contributed by atoms with E-state index in [1.54, 1.807) is 0 Å². The highest BCUT2D eigenvalue weighted by Crippen LogP contribution is 2.41. The summed E-state index contributed by atoms with van der Waals surface area (Å²) in [6.45, 7) is 0. The van der Waals surface area contributed by atoms with Crippen molar-refractivity contribution in [3.8, 4) is 28.2 Å². The topological polar surface area (TPSA) is 56.7 Å². The van der Waals surface area contributed by atoms with Gasteiger partial charge in [-0.05, 0) is 81.2 Å². The summed E-state index contributed by atoms with van der Waals surface area (Å²) in [7, 11) is 0. The molecule has 6 bridgehead atoms. The van der Waals surface area contributed by atoms with Crippen LogP contribution in [0, 0.1) is 0 Å². The third-order valence-electron chi connectivity index (χ3n) is 11.2. The predicted octanol–water partition coefficient (Wildman–Crippen LogP) is 13.4. The van der Waals surface area contributed by atoms with Crippen LogP contribution in [0.1, 0.15) is 0 Å². The van der Waals surface area contributed by atoms with E-state index in [4.69, 9.17) is 19.4 Å². The molecule has 8 aromatic carbocycles. The lowest BCUT2D eigenvalue weighted by Gasteiger charge is -2.09. The van der Waals surface area contributed by atoms with Gasteiger partial charge in [0, 0.05) is 43.6 Å². The van der Waals surface area contributed by atoms with Crippen LogP contribution in [0.15, 0.2) is 186 Å². The number of para-hydroxylation sites is 1. The molecule has 0 N–H and O–H groups in total. The normalized spacial score (nSPS) is 11.9. The summed E-state index contributed by atoms with van der Waals surface area (Å²) in [5.74, 6) is 0.612. The number of fused-ring (bicyclic) bond motifs is 13. The molecule has 12 aromatic rings. The highest BCUT2D eigenvalue weighted by molar-refractivity contribution is 6.20. The molecule has 5 heteroatoms. The standard InChI is InChI=1S/C51H30N4O/c1-3-12-31(13-4-1)32-24-26-39-44(30-32)55(36-16-5-2-6-17-36)43-22-10-20-40(47(39)43)50-52-49-35-15-9-14-33(28-35)37-18-7-8-19-38(37)34-25-27-45-42(29-34)48-41(51(53-49)54-50)21-11-23-46(48)56-45/h1-30H. The number of furan rings is 1.